The summed E-state index contributed by atoms with van der Waals surface area (Å²) in [7, 11) is 2.11. The van der Waals surface area contributed by atoms with Gasteiger partial charge in [0.1, 0.15) is 0 Å². The van der Waals surface area contributed by atoms with Crippen molar-refractivity contribution in [1.29, 1.82) is 0 Å². The number of aliphatic carboxylic acids is 1. The van der Waals surface area contributed by atoms with Gasteiger partial charge in [0.2, 0.25) is 0 Å². The molecule has 1 unspecified atom stereocenters. The van der Waals surface area contributed by atoms with Crippen molar-refractivity contribution in [3.63, 3.8) is 0 Å². The van der Waals surface area contributed by atoms with Gasteiger partial charge in [-0.25, -0.2) is 0 Å². The Balaban J connectivity index is 2.24. The van der Waals surface area contributed by atoms with Gasteiger partial charge in [0, 0.05) is 32.2 Å². The summed E-state index contributed by atoms with van der Waals surface area (Å²) in [5, 5.41) is 9.25. The molecule has 1 N–H and O–H groups in total. The molecule has 1 aliphatic heterocycles. The minimum Gasteiger partial charge on any atom is -0.481 e. The van der Waals surface area contributed by atoms with E-state index >= 15 is 0 Å². The second-order valence-corrected chi connectivity index (χ2v) is 5.51. The Morgan fingerprint density at radius 1 is 1.25 bits per heavy atom. The standard InChI is InChI=1S/C16H24N2O2/c1-3-13-6-4-5-7-14(13)15(12-16(19)20)18-10-8-17(2)9-11-18/h4-7,15H,3,8-12H2,1-2H3,(H,19,20). The van der Waals surface area contributed by atoms with Gasteiger partial charge in [-0.15, -0.1) is 0 Å². The summed E-state index contributed by atoms with van der Waals surface area (Å²) in [6, 6.07) is 8.24. The topological polar surface area (TPSA) is 43.8 Å². The fraction of sp³-hybridized carbons (Fsp3) is 0.562. The number of piperazine rings is 1. The van der Waals surface area contributed by atoms with Crippen LogP contribution in [0.2, 0.25) is 0 Å². The maximum Gasteiger partial charge on any atom is 0.305 e. The quantitative estimate of drug-likeness (QED) is 0.893. The second kappa shape index (κ2) is 6.86. The zero-order valence-corrected chi connectivity index (χ0v) is 12.4. The van der Waals surface area contributed by atoms with Crippen LogP contribution in [-0.4, -0.2) is 54.1 Å². The summed E-state index contributed by atoms with van der Waals surface area (Å²) in [6.45, 7) is 6.01. The van der Waals surface area contributed by atoms with Crippen LogP contribution in [0.5, 0.6) is 0 Å². The first kappa shape index (κ1) is 15.0. The molecule has 1 fully saturated rings. The molecule has 0 bridgehead atoms. The van der Waals surface area contributed by atoms with Gasteiger partial charge in [0.15, 0.2) is 0 Å². The molecule has 4 nitrogen and oxygen atoms in total. The van der Waals surface area contributed by atoms with Crippen LogP contribution in [0.3, 0.4) is 0 Å². The summed E-state index contributed by atoms with van der Waals surface area (Å²) in [4.78, 5) is 15.9. The number of aryl methyl sites for hydroxylation is 1. The molecule has 0 saturated carbocycles. The van der Waals surface area contributed by atoms with Gasteiger partial charge in [-0.2, -0.15) is 0 Å². The predicted octanol–water partition coefficient (Wildman–Crippen LogP) is 2.01. The van der Waals surface area contributed by atoms with Gasteiger partial charge in [-0.05, 0) is 24.6 Å². The Morgan fingerprint density at radius 2 is 1.90 bits per heavy atom. The molecule has 1 atom stereocenters. The van der Waals surface area contributed by atoms with Crippen LogP contribution in [0.4, 0.5) is 0 Å². The van der Waals surface area contributed by atoms with E-state index in [0.29, 0.717) is 0 Å². The van der Waals surface area contributed by atoms with E-state index in [-0.39, 0.29) is 12.5 Å². The van der Waals surface area contributed by atoms with Crippen molar-refractivity contribution < 1.29 is 9.90 Å². The monoisotopic (exact) mass is 276 g/mol. The highest BCUT2D eigenvalue weighted by atomic mass is 16.4. The molecule has 20 heavy (non-hydrogen) atoms. The van der Waals surface area contributed by atoms with Crippen molar-refractivity contribution in [2.45, 2.75) is 25.8 Å². The molecule has 1 aromatic carbocycles. The fourth-order valence-corrected chi connectivity index (χ4v) is 2.92. The Kier molecular flexibility index (Phi) is 5.15. The third kappa shape index (κ3) is 3.58. The lowest BCUT2D eigenvalue weighted by molar-refractivity contribution is -0.138. The van der Waals surface area contributed by atoms with Crippen molar-refractivity contribution in [3.8, 4) is 0 Å². The minimum atomic E-state index is -0.722. The average molecular weight is 276 g/mol. The first-order valence-corrected chi connectivity index (χ1v) is 7.34. The summed E-state index contributed by atoms with van der Waals surface area (Å²) < 4.78 is 0. The van der Waals surface area contributed by atoms with E-state index < -0.39 is 5.97 Å². The smallest absolute Gasteiger partial charge is 0.305 e. The van der Waals surface area contributed by atoms with Crippen LogP contribution >= 0.6 is 0 Å². The highest BCUT2D eigenvalue weighted by Gasteiger charge is 2.27. The Bertz CT molecular complexity index is 454. The molecule has 1 saturated heterocycles. The number of carboxylic acids is 1. The first-order valence-electron chi connectivity index (χ1n) is 7.34. The van der Waals surface area contributed by atoms with Gasteiger partial charge < -0.3 is 10.0 Å². The lowest BCUT2D eigenvalue weighted by Crippen LogP contribution is -2.46. The number of rotatable bonds is 5. The van der Waals surface area contributed by atoms with Crippen LogP contribution in [0.15, 0.2) is 24.3 Å². The van der Waals surface area contributed by atoms with E-state index in [9.17, 15) is 9.90 Å². The molecule has 0 aromatic heterocycles. The number of hydrogen-bond acceptors (Lipinski definition) is 3. The molecular formula is C16H24N2O2. The van der Waals surface area contributed by atoms with E-state index in [1.807, 2.05) is 12.1 Å². The van der Waals surface area contributed by atoms with E-state index in [1.54, 1.807) is 0 Å². The molecule has 0 amide bonds. The van der Waals surface area contributed by atoms with Gasteiger partial charge in [0.25, 0.3) is 0 Å². The summed E-state index contributed by atoms with van der Waals surface area (Å²) >= 11 is 0. The van der Waals surface area contributed by atoms with Crippen molar-refractivity contribution in [2.24, 2.45) is 0 Å². The highest BCUT2D eigenvalue weighted by Crippen LogP contribution is 2.28. The van der Waals surface area contributed by atoms with Crippen LogP contribution in [-0.2, 0) is 11.2 Å². The van der Waals surface area contributed by atoms with Crippen LogP contribution in [0, 0.1) is 0 Å². The second-order valence-electron chi connectivity index (χ2n) is 5.51. The minimum absolute atomic E-state index is 0.00245. The third-order valence-corrected chi connectivity index (χ3v) is 4.14. The van der Waals surface area contributed by atoms with Crippen LogP contribution in [0.25, 0.3) is 0 Å². The number of nitrogens with zero attached hydrogens (tertiary/aromatic N) is 2. The zero-order chi connectivity index (χ0) is 14.5. The SMILES string of the molecule is CCc1ccccc1C(CC(=O)O)N1CCN(C)CC1. The van der Waals surface area contributed by atoms with Gasteiger partial charge in [-0.3, -0.25) is 9.69 Å². The average Bonchev–Trinajstić information content (AvgIpc) is 2.45. The zero-order valence-electron chi connectivity index (χ0n) is 12.4. The molecule has 1 aliphatic rings. The molecule has 1 heterocycles. The molecule has 0 radical (unpaired) electrons. The van der Waals surface area contributed by atoms with E-state index in [2.05, 4.69) is 35.9 Å². The number of carboxylic acid groups (broad SMARTS) is 1. The Morgan fingerprint density at radius 3 is 2.50 bits per heavy atom. The summed E-state index contributed by atoms with van der Waals surface area (Å²) in [6.07, 6.45) is 1.13. The van der Waals surface area contributed by atoms with E-state index in [0.717, 1.165) is 32.6 Å². The number of benzene rings is 1. The molecule has 1 aromatic rings. The Labute approximate surface area is 121 Å². The van der Waals surface area contributed by atoms with Crippen LogP contribution in [0.1, 0.15) is 30.5 Å². The molecule has 4 heteroatoms. The van der Waals surface area contributed by atoms with Gasteiger partial charge in [0.05, 0.1) is 6.42 Å². The molecule has 0 spiro atoms. The summed E-state index contributed by atoms with van der Waals surface area (Å²) in [5.74, 6) is -0.722. The van der Waals surface area contributed by atoms with Crippen molar-refractivity contribution in [3.05, 3.63) is 35.4 Å². The lowest BCUT2D eigenvalue weighted by Gasteiger charge is -2.38. The maximum absolute atomic E-state index is 11.3. The fourth-order valence-electron chi connectivity index (χ4n) is 2.92. The van der Waals surface area contributed by atoms with Crippen molar-refractivity contribution in [1.82, 2.24) is 9.80 Å². The maximum atomic E-state index is 11.3. The third-order valence-electron chi connectivity index (χ3n) is 4.14. The lowest BCUT2D eigenvalue weighted by atomic mass is 9.94. The van der Waals surface area contributed by atoms with E-state index in [1.165, 1.54) is 11.1 Å². The molecule has 0 aliphatic carbocycles. The number of likely N-dealkylation sites (N-methyl/N-ethyl adjacent to an activating group) is 1. The van der Waals surface area contributed by atoms with E-state index in [4.69, 9.17) is 0 Å². The number of carbonyl (C=O) groups is 1. The predicted molar refractivity (Wildman–Crippen MR) is 79.9 cm³/mol. The first-order chi connectivity index (χ1) is 9.61. The van der Waals surface area contributed by atoms with Crippen molar-refractivity contribution in [2.75, 3.05) is 33.2 Å². The Hall–Kier alpha value is -1.39. The molecule has 110 valence electrons. The summed E-state index contributed by atoms with van der Waals surface area (Å²) in [5.41, 5.74) is 2.44. The number of hydrogen-bond donors (Lipinski definition) is 1. The largest absolute Gasteiger partial charge is 0.481 e. The normalized spacial score (nSPS) is 18.9. The highest BCUT2D eigenvalue weighted by molar-refractivity contribution is 5.68. The van der Waals surface area contributed by atoms with Crippen molar-refractivity contribution >= 4 is 5.97 Å². The molecular weight excluding hydrogens is 252 g/mol. The van der Waals surface area contributed by atoms with Gasteiger partial charge in [-0.1, -0.05) is 31.2 Å². The van der Waals surface area contributed by atoms with Gasteiger partial charge >= 0.3 is 5.97 Å². The molecule has 2 rings (SSSR count). The van der Waals surface area contributed by atoms with Crippen LogP contribution < -0.4 is 0 Å².